The molecule has 9 nitrogen and oxygen atoms in total. The molecular weight excluding hydrogens is 617 g/mol. The van der Waals surface area contributed by atoms with Crippen LogP contribution >= 0.6 is 0 Å². The van der Waals surface area contributed by atoms with Gasteiger partial charge in [-0.1, -0.05) is 24.8 Å². The molecule has 2 N–H and O–H groups in total. The van der Waals surface area contributed by atoms with Gasteiger partial charge in [-0.2, -0.15) is 4.98 Å². The van der Waals surface area contributed by atoms with Gasteiger partial charge in [0, 0.05) is 41.8 Å². The number of nitrogens with zero attached hydrogens (tertiary/aromatic N) is 4. The smallest absolute Gasteiger partial charge is 0.260 e. The van der Waals surface area contributed by atoms with E-state index in [-0.39, 0.29) is 41.1 Å². The second-order valence-electron chi connectivity index (χ2n) is 11.8. The normalized spacial score (nSPS) is 17.7. The van der Waals surface area contributed by atoms with E-state index in [4.69, 9.17) is 4.98 Å². The predicted octanol–water partition coefficient (Wildman–Crippen LogP) is 6.53. The van der Waals surface area contributed by atoms with E-state index in [9.17, 15) is 22.0 Å². The molecule has 1 saturated carbocycles. The van der Waals surface area contributed by atoms with Crippen LogP contribution in [-0.2, 0) is 10.0 Å². The minimum absolute atomic E-state index is 0.154. The minimum Gasteiger partial charge on any atom is -0.351 e. The number of fused-ring (bicyclic) bond motifs is 1. The highest BCUT2D eigenvalue weighted by Gasteiger charge is 2.25. The summed E-state index contributed by atoms with van der Waals surface area (Å²) in [7, 11) is -2.09. The lowest BCUT2D eigenvalue weighted by molar-refractivity contribution is 0.174. The van der Waals surface area contributed by atoms with Gasteiger partial charge in [-0.05, 0) is 88.9 Å². The Kier molecular flexibility index (Phi) is 11.4. The molecule has 4 rings (SSSR count). The number of pyridine rings is 1. The average Bonchev–Trinajstić information content (AvgIpc) is 3.00. The Labute approximate surface area is 268 Å². The number of sulfonamides is 1. The summed E-state index contributed by atoms with van der Waals surface area (Å²) in [5.41, 5.74) is 0.534. The molecule has 2 aromatic heterocycles. The first-order valence-electron chi connectivity index (χ1n) is 15.2. The molecule has 1 aliphatic carbocycles. The summed E-state index contributed by atoms with van der Waals surface area (Å²) in [5, 5.41) is 3.97. The topological polar surface area (TPSA) is 109 Å². The van der Waals surface area contributed by atoms with Crippen molar-refractivity contribution in [2.75, 3.05) is 36.1 Å². The second kappa shape index (κ2) is 15.1. The Bertz CT molecular complexity index is 1800. The first-order chi connectivity index (χ1) is 21.8. The van der Waals surface area contributed by atoms with Gasteiger partial charge in [-0.25, -0.2) is 26.6 Å². The van der Waals surface area contributed by atoms with Crippen LogP contribution in [0, 0.1) is 5.82 Å². The number of hydrogen-bond acceptors (Lipinski definition) is 7. The monoisotopic (exact) mass is 658 g/mol. The van der Waals surface area contributed by atoms with E-state index in [1.54, 1.807) is 19.2 Å². The van der Waals surface area contributed by atoms with E-state index in [0.29, 0.717) is 35.1 Å². The summed E-state index contributed by atoms with van der Waals surface area (Å²) in [6.45, 7) is 8.48. The fourth-order valence-electron chi connectivity index (χ4n) is 5.65. The molecule has 46 heavy (non-hydrogen) atoms. The van der Waals surface area contributed by atoms with E-state index in [2.05, 4.69) is 26.5 Å². The number of halogens is 3. The molecule has 1 fully saturated rings. The number of nitrogens with one attached hydrogen (secondary N) is 2. The number of rotatable bonds is 13. The van der Waals surface area contributed by atoms with Crippen LogP contribution in [0.4, 0.5) is 24.8 Å². The molecule has 1 aliphatic rings. The van der Waals surface area contributed by atoms with Gasteiger partial charge in [0.1, 0.15) is 24.0 Å². The summed E-state index contributed by atoms with van der Waals surface area (Å²) in [5.74, 6) is -1.70. The number of benzene rings is 1. The van der Waals surface area contributed by atoms with E-state index in [1.807, 2.05) is 20.9 Å². The third-order valence-electron chi connectivity index (χ3n) is 8.13. The van der Waals surface area contributed by atoms with Crippen LogP contribution < -0.4 is 15.6 Å². The number of hydrogen-bond donors (Lipinski definition) is 2. The van der Waals surface area contributed by atoms with Crippen LogP contribution in [0.1, 0.15) is 52.5 Å². The quantitative estimate of drug-likeness (QED) is 0.201. The molecule has 0 bridgehead atoms. The van der Waals surface area contributed by atoms with Gasteiger partial charge in [-0.15, -0.1) is 0 Å². The van der Waals surface area contributed by atoms with Crippen molar-refractivity contribution in [3.05, 3.63) is 82.8 Å². The second-order valence-corrected chi connectivity index (χ2v) is 13.5. The lowest BCUT2D eigenvalue weighted by Gasteiger charge is -2.34. The number of anilines is 2. The predicted molar refractivity (Wildman–Crippen MR) is 178 cm³/mol. The van der Waals surface area contributed by atoms with Gasteiger partial charge in [0.25, 0.3) is 5.56 Å². The van der Waals surface area contributed by atoms with E-state index >= 15 is 4.39 Å². The molecule has 0 amide bonds. The maximum Gasteiger partial charge on any atom is 0.260 e. The third kappa shape index (κ3) is 8.64. The minimum atomic E-state index is -4.04. The number of alkyl halides is 1. The van der Waals surface area contributed by atoms with Crippen molar-refractivity contribution in [3.63, 3.8) is 0 Å². The molecule has 0 unspecified atom stereocenters. The Hall–Kier alpha value is -3.97. The van der Waals surface area contributed by atoms with E-state index in [1.165, 1.54) is 28.9 Å². The molecule has 3 aromatic rings. The highest BCUT2D eigenvalue weighted by Crippen LogP contribution is 2.28. The van der Waals surface area contributed by atoms with Crippen molar-refractivity contribution in [1.29, 1.82) is 0 Å². The van der Waals surface area contributed by atoms with Crippen LogP contribution in [0.2, 0.25) is 0 Å². The summed E-state index contributed by atoms with van der Waals surface area (Å²) >= 11 is 0. The zero-order valence-electron chi connectivity index (χ0n) is 26.6. The van der Waals surface area contributed by atoms with Crippen LogP contribution in [-0.4, -0.2) is 66.0 Å². The first-order valence-corrected chi connectivity index (χ1v) is 16.9. The lowest BCUT2D eigenvalue weighted by atomic mass is 9.90. The lowest BCUT2D eigenvalue weighted by Crippen LogP contribution is -2.39. The molecule has 2 heterocycles. The molecular formula is C33H41F3N6O3S. The van der Waals surface area contributed by atoms with Crippen LogP contribution in [0.3, 0.4) is 0 Å². The van der Waals surface area contributed by atoms with Crippen molar-refractivity contribution in [2.24, 2.45) is 0 Å². The summed E-state index contributed by atoms with van der Waals surface area (Å²) in [4.78, 5) is 25.0. The standard InChI is InChI=1S/C33H41F3N6O3S/c1-6-23(8-7-22(4)35)20-46(44,45)40-30-14-9-24(18-29(30)36)28-17-25-19-37-33(39-31(25)42(21(2)3)32(28)43)38-26-10-12-27(13-11-26)41(5)16-15-34/h6-9,14,17-19,21,26-27,40H,4,10-13,15-16,20H2,1-3,5H3,(H,37,38,39)/b8-7-,23-6+/t26-,27-. The molecule has 0 aliphatic heterocycles. The highest BCUT2D eigenvalue weighted by atomic mass is 32.2. The molecule has 248 valence electrons. The van der Waals surface area contributed by atoms with Crippen LogP contribution in [0.25, 0.3) is 22.2 Å². The largest absolute Gasteiger partial charge is 0.351 e. The molecule has 0 radical (unpaired) electrons. The van der Waals surface area contributed by atoms with Gasteiger partial charge in [0.15, 0.2) is 0 Å². The van der Waals surface area contributed by atoms with Crippen molar-refractivity contribution in [2.45, 2.75) is 64.6 Å². The van der Waals surface area contributed by atoms with Crippen LogP contribution in [0.5, 0.6) is 0 Å². The van der Waals surface area contributed by atoms with Gasteiger partial charge in [0.2, 0.25) is 16.0 Å². The average molecular weight is 659 g/mol. The van der Waals surface area contributed by atoms with E-state index in [0.717, 1.165) is 37.8 Å². The van der Waals surface area contributed by atoms with Crippen molar-refractivity contribution in [3.8, 4) is 11.1 Å². The van der Waals surface area contributed by atoms with E-state index < -0.39 is 27.4 Å². The zero-order chi connectivity index (χ0) is 33.6. The Morgan fingerprint density at radius 3 is 2.52 bits per heavy atom. The highest BCUT2D eigenvalue weighted by molar-refractivity contribution is 7.92. The Morgan fingerprint density at radius 1 is 1.20 bits per heavy atom. The Morgan fingerprint density at radius 2 is 1.91 bits per heavy atom. The fraction of sp³-hybridized carbons (Fsp3) is 0.424. The summed E-state index contributed by atoms with van der Waals surface area (Å²) in [6.07, 6.45) is 9.09. The first kappa shape index (κ1) is 34.9. The van der Waals surface area contributed by atoms with Crippen molar-refractivity contribution < 1.29 is 21.6 Å². The molecule has 0 saturated heterocycles. The third-order valence-corrected chi connectivity index (χ3v) is 9.38. The van der Waals surface area contributed by atoms with Gasteiger partial charge in [-0.3, -0.25) is 14.1 Å². The molecule has 0 atom stereocenters. The number of allylic oxidation sites excluding steroid dienone is 4. The zero-order valence-corrected chi connectivity index (χ0v) is 27.4. The maximum atomic E-state index is 15.2. The fourth-order valence-corrected chi connectivity index (χ4v) is 6.92. The van der Waals surface area contributed by atoms with Crippen molar-refractivity contribution in [1.82, 2.24) is 19.4 Å². The molecule has 0 spiro atoms. The van der Waals surface area contributed by atoms with Gasteiger partial charge < -0.3 is 10.2 Å². The summed E-state index contributed by atoms with van der Waals surface area (Å²) < 4.78 is 70.1. The Balaban J connectivity index is 1.57. The summed E-state index contributed by atoms with van der Waals surface area (Å²) in [6, 6.07) is 5.66. The maximum absolute atomic E-state index is 15.2. The van der Waals surface area contributed by atoms with Crippen molar-refractivity contribution >= 4 is 32.7 Å². The van der Waals surface area contributed by atoms with Gasteiger partial charge >= 0.3 is 0 Å². The molecule has 1 aromatic carbocycles. The van der Waals surface area contributed by atoms with Gasteiger partial charge in [0.05, 0.1) is 11.4 Å². The van der Waals surface area contributed by atoms with Crippen LogP contribution in [0.15, 0.2) is 71.5 Å². The SMILES string of the molecule is C=C(F)/C=C\C(=C/C)CS(=O)(=O)Nc1ccc(-c2cc3cnc(N[C@H]4CC[C@H](N(C)CCF)CC4)nc3n(C(C)C)c2=O)cc1F. The molecule has 13 heteroatoms. The number of aromatic nitrogens is 3.